The number of aliphatic hydroxyl groups excluding tert-OH is 1. The Morgan fingerprint density at radius 2 is 2.11 bits per heavy atom. The van der Waals surface area contributed by atoms with Crippen molar-refractivity contribution in [2.45, 2.75) is 26.2 Å². The maximum Gasteiger partial charge on any atom is 0.236 e. The molecule has 1 fully saturated rings. The van der Waals surface area contributed by atoms with E-state index in [4.69, 9.17) is 20.8 Å². The molecule has 7 heteroatoms. The van der Waals surface area contributed by atoms with Gasteiger partial charge in [-0.25, -0.2) is 0 Å². The fourth-order valence-corrected chi connectivity index (χ4v) is 2.36. The summed E-state index contributed by atoms with van der Waals surface area (Å²) in [5, 5.41) is 20.9. The molecule has 4 N–H and O–H groups in total. The zero-order valence-electron chi connectivity index (χ0n) is 11.3. The van der Waals surface area contributed by atoms with Gasteiger partial charge >= 0.3 is 0 Å². The number of carbonyl (C=O) groups is 1. The van der Waals surface area contributed by atoms with Crippen LogP contribution in [0.2, 0.25) is 0 Å². The summed E-state index contributed by atoms with van der Waals surface area (Å²) in [6.45, 7) is 3.73. The van der Waals surface area contributed by atoms with Gasteiger partial charge in [-0.05, 0) is 26.2 Å². The monoisotopic (exact) mass is 273 g/mol. The van der Waals surface area contributed by atoms with Gasteiger partial charge in [0.2, 0.25) is 5.91 Å². The van der Waals surface area contributed by atoms with Crippen LogP contribution in [-0.4, -0.2) is 59.9 Å². The smallest absolute Gasteiger partial charge is 0.236 e. The Labute approximate surface area is 113 Å². The van der Waals surface area contributed by atoms with E-state index in [1.165, 1.54) is 0 Å². The zero-order chi connectivity index (χ0) is 14.3. The lowest BCUT2D eigenvalue weighted by Crippen LogP contribution is -2.54. The first-order valence-corrected chi connectivity index (χ1v) is 6.58. The van der Waals surface area contributed by atoms with Crippen molar-refractivity contribution in [3.05, 3.63) is 0 Å². The highest BCUT2D eigenvalue weighted by atomic mass is 16.5. The molecule has 0 saturated carbocycles. The molecule has 0 aliphatic carbocycles. The average molecular weight is 273 g/mol. The summed E-state index contributed by atoms with van der Waals surface area (Å²) in [4.78, 5) is 14.3. The maximum absolute atomic E-state index is 12.7. The number of rotatable bonds is 6. The SMILES string of the molecule is CCN(CCCO)C(=O)C1(C(N)=NO)CCOCC1. The minimum absolute atomic E-state index is 0.0312. The Balaban J connectivity index is 2.93. The minimum atomic E-state index is -0.974. The van der Waals surface area contributed by atoms with Crippen molar-refractivity contribution in [1.82, 2.24) is 4.90 Å². The number of amidine groups is 1. The summed E-state index contributed by atoms with van der Waals surface area (Å²) >= 11 is 0. The van der Waals surface area contributed by atoms with Crippen LogP contribution < -0.4 is 5.73 Å². The van der Waals surface area contributed by atoms with E-state index in [0.717, 1.165) is 0 Å². The number of aliphatic hydroxyl groups is 1. The van der Waals surface area contributed by atoms with Gasteiger partial charge in [-0.15, -0.1) is 0 Å². The van der Waals surface area contributed by atoms with Gasteiger partial charge in [0, 0.05) is 32.9 Å². The molecule has 0 bridgehead atoms. The highest BCUT2D eigenvalue weighted by molar-refractivity contribution is 6.06. The lowest BCUT2D eigenvalue weighted by Gasteiger charge is -2.38. The van der Waals surface area contributed by atoms with E-state index in [1.807, 2.05) is 6.92 Å². The number of hydrogen-bond acceptors (Lipinski definition) is 5. The summed E-state index contributed by atoms with van der Waals surface area (Å²) in [7, 11) is 0. The lowest BCUT2D eigenvalue weighted by atomic mass is 9.77. The van der Waals surface area contributed by atoms with E-state index in [2.05, 4.69) is 5.16 Å². The zero-order valence-corrected chi connectivity index (χ0v) is 11.3. The Morgan fingerprint density at radius 3 is 2.58 bits per heavy atom. The minimum Gasteiger partial charge on any atom is -0.409 e. The van der Waals surface area contributed by atoms with Crippen molar-refractivity contribution in [3.8, 4) is 0 Å². The molecule has 1 aliphatic rings. The third-order valence-electron chi connectivity index (χ3n) is 3.61. The van der Waals surface area contributed by atoms with E-state index >= 15 is 0 Å². The predicted octanol–water partition coefficient (Wildman–Crippen LogP) is -0.239. The van der Waals surface area contributed by atoms with Crippen LogP contribution in [0.4, 0.5) is 0 Å². The van der Waals surface area contributed by atoms with Crippen LogP contribution in [0, 0.1) is 5.41 Å². The third-order valence-corrected chi connectivity index (χ3v) is 3.61. The molecule has 0 aromatic heterocycles. The number of hydrogen-bond donors (Lipinski definition) is 3. The van der Waals surface area contributed by atoms with Crippen molar-refractivity contribution in [3.63, 3.8) is 0 Å². The first-order valence-electron chi connectivity index (χ1n) is 6.58. The van der Waals surface area contributed by atoms with Crippen molar-refractivity contribution in [1.29, 1.82) is 0 Å². The molecule has 0 aromatic rings. The summed E-state index contributed by atoms with van der Waals surface area (Å²) in [6, 6.07) is 0. The van der Waals surface area contributed by atoms with Crippen molar-refractivity contribution in [2.24, 2.45) is 16.3 Å². The first-order chi connectivity index (χ1) is 9.12. The second-order valence-electron chi connectivity index (χ2n) is 4.64. The molecule has 1 heterocycles. The molecule has 1 saturated heterocycles. The molecule has 0 spiro atoms. The van der Waals surface area contributed by atoms with E-state index in [-0.39, 0.29) is 18.3 Å². The van der Waals surface area contributed by atoms with Crippen molar-refractivity contribution in [2.75, 3.05) is 32.9 Å². The molecule has 1 amide bonds. The Kier molecular flexibility index (Phi) is 6.04. The number of carbonyl (C=O) groups excluding carboxylic acids is 1. The van der Waals surface area contributed by atoms with Gasteiger partial charge in [0.25, 0.3) is 0 Å². The van der Waals surface area contributed by atoms with Gasteiger partial charge in [-0.2, -0.15) is 0 Å². The van der Waals surface area contributed by atoms with Gasteiger partial charge in [0.05, 0.1) is 0 Å². The maximum atomic E-state index is 12.7. The molecule has 0 radical (unpaired) electrons. The van der Waals surface area contributed by atoms with Crippen LogP contribution >= 0.6 is 0 Å². The summed E-state index contributed by atoms with van der Waals surface area (Å²) in [5.41, 5.74) is 4.78. The topological polar surface area (TPSA) is 108 Å². The van der Waals surface area contributed by atoms with Gasteiger partial charge in [0.1, 0.15) is 5.41 Å². The average Bonchev–Trinajstić information content (AvgIpc) is 2.47. The molecule has 0 unspecified atom stereocenters. The van der Waals surface area contributed by atoms with Crippen LogP contribution in [0.15, 0.2) is 5.16 Å². The molecule has 0 atom stereocenters. The fourth-order valence-electron chi connectivity index (χ4n) is 2.36. The first kappa shape index (κ1) is 15.7. The van der Waals surface area contributed by atoms with Crippen LogP contribution in [0.3, 0.4) is 0 Å². The number of nitrogens with two attached hydrogens (primary N) is 1. The highest BCUT2D eigenvalue weighted by Gasteiger charge is 2.46. The Bertz CT molecular complexity index is 327. The quantitative estimate of drug-likeness (QED) is 0.268. The molecular weight excluding hydrogens is 250 g/mol. The van der Waals surface area contributed by atoms with Gasteiger partial charge in [-0.3, -0.25) is 4.79 Å². The Morgan fingerprint density at radius 1 is 1.47 bits per heavy atom. The Hall–Kier alpha value is -1.34. The number of amides is 1. The largest absolute Gasteiger partial charge is 0.409 e. The third kappa shape index (κ3) is 3.36. The molecule has 0 aromatic carbocycles. The number of oxime groups is 1. The van der Waals surface area contributed by atoms with Crippen LogP contribution in [0.5, 0.6) is 0 Å². The normalized spacial score (nSPS) is 19.2. The van der Waals surface area contributed by atoms with Gasteiger partial charge in [0.15, 0.2) is 5.84 Å². The molecule has 19 heavy (non-hydrogen) atoms. The van der Waals surface area contributed by atoms with Crippen LogP contribution in [0.25, 0.3) is 0 Å². The summed E-state index contributed by atoms with van der Waals surface area (Å²) in [6.07, 6.45) is 1.34. The van der Waals surface area contributed by atoms with Crippen LogP contribution in [-0.2, 0) is 9.53 Å². The highest BCUT2D eigenvalue weighted by Crippen LogP contribution is 2.33. The standard InChI is InChI=1S/C12H23N3O4/c1-2-15(6-3-7-16)11(17)12(10(13)14-18)4-8-19-9-5-12/h16,18H,2-9H2,1H3,(H2,13,14). The predicted molar refractivity (Wildman–Crippen MR) is 69.9 cm³/mol. The molecule has 1 rings (SSSR count). The molecule has 7 nitrogen and oxygen atoms in total. The van der Waals surface area contributed by atoms with Gasteiger partial charge < -0.3 is 25.7 Å². The second kappa shape index (κ2) is 7.30. The number of ether oxygens (including phenoxy) is 1. The number of nitrogens with zero attached hydrogens (tertiary/aromatic N) is 2. The van der Waals surface area contributed by atoms with E-state index in [9.17, 15) is 4.79 Å². The van der Waals surface area contributed by atoms with Crippen LogP contribution in [0.1, 0.15) is 26.2 Å². The second-order valence-corrected chi connectivity index (χ2v) is 4.64. The summed E-state index contributed by atoms with van der Waals surface area (Å²) < 4.78 is 5.26. The lowest BCUT2D eigenvalue weighted by molar-refractivity contribution is -0.142. The molecule has 110 valence electrons. The van der Waals surface area contributed by atoms with Crippen molar-refractivity contribution < 1.29 is 19.8 Å². The van der Waals surface area contributed by atoms with Gasteiger partial charge in [-0.1, -0.05) is 5.16 Å². The molecule has 1 aliphatic heterocycles. The van der Waals surface area contributed by atoms with Crippen molar-refractivity contribution >= 4 is 11.7 Å². The van der Waals surface area contributed by atoms with E-state index in [1.54, 1.807) is 4.90 Å². The van der Waals surface area contributed by atoms with E-state index in [0.29, 0.717) is 45.6 Å². The van der Waals surface area contributed by atoms with E-state index < -0.39 is 5.41 Å². The molecular formula is C12H23N3O4. The summed E-state index contributed by atoms with van der Waals surface area (Å²) in [5.74, 6) is -0.203. The fraction of sp³-hybridized carbons (Fsp3) is 0.833.